The van der Waals surface area contributed by atoms with E-state index in [1.807, 2.05) is 36.1 Å². The molecule has 3 fully saturated rings. The molecule has 7 nitrogen and oxygen atoms in total. The number of carbonyl (C=O) groups excluding carboxylic acids is 1. The second-order valence-electron chi connectivity index (χ2n) is 8.82. The van der Waals surface area contributed by atoms with Gasteiger partial charge < -0.3 is 19.5 Å². The van der Waals surface area contributed by atoms with E-state index in [9.17, 15) is 18.0 Å². The molecule has 1 N–H and O–H groups in total. The molecular formula is C23H31F3N2O5. The molecule has 2 atom stereocenters. The molecular weight excluding hydrogens is 441 g/mol. The van der Waals surface area contributed by atoms with E-state index in [1.165, 1.54) is 6.42 Å². The predicted octanol–water partition coefficient (Wildman–Crippen LogP) is 3.11. The van der Waals surface area contributed by atoms with Crippen LogP contribution in [0.1, 0.15) is 41.6 Å². The van der Waals surface area contributed by atoms with E-state index in [-0.39, 0.29) is 17.6 Å². The van der Waals surface area contributed by atoms with Gasteiger partial charge in [-0.05, 0) is 44.2 Å². The zero-order valence-electron chi connectivity index (χ0n) is 18.8. The monoisotopic (exact) mass is 472 g/mol. The van der Waals surface area contributed by atoms with Crippen molar-refractivity contribution in [3.8, 4) is 0 Å². The summed E-state index contributed by atoms with van der Waals surface area (Å²) in [5.74, 6) is -2.61. The Bertz CT molecular complexity index is 829. The summed E-state index contributed by atoms with van der Waals surface area (Å²) in [7, 11) is 0. The summed E-state index contributed by atoms with van der Waals surface area (Å²) >= 11 is 0. The number of morpholine rings is 1. The molecule has 1 spiro atoms. The summed E-state index contributed by atoms with van der Waals surface area (Å²) in [5, 5.41) is 7.12. The van der Waals surface area contributed by atoms with Gasteiger partial charge in [0.15, 0.2) is 0 Å². The second-order valence-corrected chi connectivity index (χ2v) is 8.82. The number of aryl methyl sites for hydroxylation is 1. The maximum atomic E-state index is 12.9. The first-order valence-electron chi connectivity index (χ1n) is 11.2. The molecule has 3 aliphatic rings. The lowest BCUT2D eigenvalue weighted by atomic mass is 9.90. The van der Waals surface area contributed by atoms with Crippen molar-refractivity contribution in [1.82, 2.24) is 9.80 Å². The molecule has 1 amide bonds. The lowest BCUT2D eigenvalue weighted by Gasteiger charge is -2.41. The zero-order valence-corrected chi connectivity index (χ0v) is 18.8. The highest BCUT2D eigenvalue weighted by molar-refractivity contribution is 5.95. The van der Waals surface area contributed by atoms with Gasteiger partial charge in [-0.25, -0.2) is 4.79 Å². The van der Waals surface area contributed by atoms with Crippen molar-refractivity contribution in [2.45, 2.75) is 50.5 Å². The number of hydrogen-bond acceptors (Lipinski definition) is 5. The fourth-order valence-corrected chi connectivity index (χ4v) is 4.63. The Morgan fingerprint density at radius 3 is 2.45 bits per heavy atom. The van der Waals surface area contributed by atoms with Crippen molar-refractivity contribution >= 4 is 11.9 Å². The molecule has 33 heavy (non-hydrogen) atoms. The molecule has 0 aliphatic carbocycles. The first-order chi connectivity index (χ1) is 15.6. The Morgan fingerprint density at radius 1 is 1.15 bits per heavy atom. The number of aliphatic carboxylic acids is 1. The standard InChI is InChI=1S/C21H30N2O3.C2HF3O2/c1-17-5-2-3-7-19(17)20(24)23-10-9-21(16-23)8-4-6-18(26-21)15-22-11-13-25-14-12-22;3-2(4,5)1(6)7/h2-3,5,7,18H,4,6,8-16H2,1H3;(H,6,7)/t18-,21+;/m0./s1. The number of amides is 1. The van der Waals surface area contributed by atoms with Crippen molar-refractivity contribution < 1.29 is 37.3 Å². The van der Waals surface area contributed by atoms with Gasteiger partial charge >= 0.3 is 12.1 Å². The van der Waals surface area contributed by atoms with Crippen LogP contribution in [0.25, 0.3) is 0 Å². The third-order valence-electron chi connectivity index (χ3n) is 6.36. The third-order valence-corrected chi connectivity index (χ3v) is 6.36. The number of ether oxygens (including phenoxy) is 2. The van der Waals surface area contributed by atoms with Crippen LogP contribution >= 0.6 is 0 Å². The molecule has 3 aliphatic heterocycles. The molecule has 0 aromatic heterocycles. The van der Waals surface area contributed by atoms with Crippen LogP contribution in [0.4, 0.5) is 13.2 Å². The summed E-state index contributed by atoms with van der Waals surface area (Å²) in [4.78, 5) is 26.3. The molecule has 0 radical (unpaired) electrons. The maximum absolute atomic E-state index is 12.9. The fourth-order valence-electron chi connectivity index (χ4n) is 4.63. The number of carboxylic acids is 1. The highest BCUT2D eigenvalue weighted by Crippen LogP contribution is 2.37. The lowest BCUT2D eigenvalue weighted by molar-refractivity contribution is -0.192. The van der Waals surface area contributed by atoms with E-state index < -0.39 is 12.1 Å². The summed E-state index contributed by atoms with van der Waals surface area (Å²) < 4.78 is 43.8. The van der Waals surface area contributed by atoms with E-state index >= 15 is 0 Å². The first-order valence-corrected chi connectivity index (χ1v) is 11.2. The van der Waals surface area contributed by atoms with Crippen LogP contribution in [0, 0.1) is 6.92 Å². The number of nitrogens with zero attached hydrogens (tertiary/aromatic N) is 2. The van der Waals surface area contributed by atoms with Crippen molar-refractivity contribution in [2.75, 3.05) is 45.9 Å². The van der Waals surface area contributed by atoms with Gasteiger partial charge in [0.25, 0.3) is 5.91 Å². The van der Waals surface area contributed by atoms with Crippen LogP contribution < -0.4 is 0 Å². The highest BCUT2D eigenvalue weighted by atomic mass is 19.4. The van der Waals surface area contributed by atoms with E-state index in [0.717, 1.165) is 76.3 Å². The van der Waals surface area contributed by atoms with Crippen molar-refractivity contribution in [2.24, 2.45) is 0 Å². The second kappa shape index (κ2) is 10.8. The lowest BCUT2D eigenvalue weighted by Crippen LogP contribution is -2.49. The molecule has 184 valence electrons. The van der Waals surface area contributed by atoms with Crippen molar-refractivity contribution in [3.05, 3.63) is 35.4 Å². The zero-order chi connectivity index (χ0) is 24.1. The first kappa shape index (κ1) is 25.5. The topological polar surface area (TPSA) is 79.3 Å². The Kier molecular flexibility index (Phi) is 8.36. The van der Waals surface area contributed by atoms with Gasteiger partial charge in [0.1, 0.15) is 0 Å². The Morgan fingerprint density at radius 2 is 1.82 bits per heavy atom. The largest absolute Gasteiger partial charge is 0.490 e. The number of carbonyl (C=O) groups is 2. The number of carboxylic acid groups (broad SMARTS) is 1. The van der Waals surface area contributed by atoms with Crippen LogP contribution in [-0.2, 0) is 14.3 Å². The molecule has 1 aromatic carbocycles. The van der Waals surface area contributed by atoms with E-state index in [4.69, 9.17) is 19.4 Å². The number of hydrogen-bond donors (Lipinski definition) is 1. The molecule has 0 unspecified atom stereocenters. The van der Waals surface area contributed by atoms with Gasteiger partial charge in [-0.15, -0.1) is 0 Å². The quantitative estimate of drug-likeness (QED) is 0.729. The minimum absolute atomic E-state index is 0.131. The molecule has 3 heterocycles. The molecule has 1 aromatic rings. The van der Waals surface area contributed by atoms with Crippen LogP contribution in [0.3, 0.4) is 0 Å². The van der Waals surface area contributed by atoms with E-state index in [1.54, 1.807) is 0 Å². The number of rotatable bonds is 3. The van der Waals surface area contributed by atoms with Gasteiger partial charge in [-0.1, -0.05) is 18.2 Å². The SMILES string of the molecule is Cc1ccccc1C(=O)N1CC[C@]2(CCC[C@@H](CN3CCOCC3)O2)C1.O=C(O)C(F)(F)F. The van der Waals surface area contributed by atoms with Crippen molar-refractivity contribution in [1.29, 1.82) is 0 Å². The summed E-state index contributed by atoms with van der Waals surface area (Å²) in [6.45, 7) is 8.21. The normalized spacial score (nSPS) is 26.1. The van der Waals surface area contributed by atoms with Gasteiger partial charge in [0.2, 0.25) is 0 Å². The van der Waals surface area contributed by atoms with Crippen LogP contribution in [-0.4, -0.2) is 90.6 Å². The van der Waals surface area contributed by atoms with Crippen molar-refractivity contribution in [3.63, 3.8) is 0 Å². The van der Waals surface area contributed by atoms with E-state index in [0.29, 0.717) is 0 Å². The van der Waals surface area contributed by atoms with Crippen LogP contribution in [0.5, 0.6) is 0 Å². The van der Waals surface area contributed by atoms with Gasteiger partial charge in [0, 0.05) is 31.7 Å². The third kappa shape index (κ3) is 6.91. The number of benzene rings is 1. The van der Waals surface area contributed by atoms with Gasteiger partial charge in [-0.3, -0.25) is 9.69 Å². The maximum Gasteiger partial charge on any atom is 0.490 e. The average molecular weight is 473 g/mol. The number of halogens is 3. The van der Waals surface area contributed by atoms with E-state index in [2.05, 4.69) is 4.90 Å². The molecule has 3 saturated heterocycles. The predicted molar refractivity (Wildman–Crippen MR) is 114 cm³/mol. The smallest absolute Gasteiger partial charge is 0.475 e. The van der Waals surface area contributed by atoms with Gasteiger partial charge in [-0.2, -0.15) is 13.2 Å². The summed E-state index contributed by atoms with van der Waals surface area (Å²) in [5.41, 5.74) is 1.74. The molecule has 0 bridgehead atoms. The Labute approximate surface area is 191 Å². The number of alkyl halides is 3. The molecule has 0 saturated carbocycles. The van der Waals surface area contributed by atoms with Crippen LogP contribution in [0.15, 0.2) is 24.3 Å². The highest BCUT2D eigenvalue weighted by Gasteiger charge is 2.45. The minimum Gasteiger partial charge on any atom is -0.475 e. The summed E-state index contributed by atoms with van der Waals surface area (Å²) in [6.07, 6.45) is -0.434. The molecule has 4 rings (SSSR count). The molecule has 10 heteroatoms. The summed E-state index contributed by atoms with van der Waals surface area (Å²) in [6, 6.07) is 7.87. The Hall–Kier alpha value is -2.17. The fraction of sp³-hybridized carbons (Fsp3) is 0.652. The average Bonchev–Trinajstić information content (AvgIpc) is 3.17. The van der Waals surface area contributed by atoms with Gasteiger partial charge in [0.05, 0.1) is 31.5 Å². The Balaban J connectivity index is 0.000000383. The minimum atomic E-state index is -5.08. The number of likely N-dealkylation sites (tertiary alicyclic amines) is 1. The van der Waals surface area contributed by atoms with Crippen LogP contribution in [0.2, 0.25) is 0 Å².